The molecular weight excluding hydrogens is 406 g/mol. The molecule has 1 amide bonds. The van der Waals surface area contributed by atoms with Gasteiger partial charge < -0.3 is 14.4 Å². The Bertz CT molecular complexity index is 1010. The third kappa shape index (κ3) is 3.57. The molecule has 0 aliphatic carbocycles. The van der Waals surface area contributed by atoms with Crippen molar-refractivity contribution in [1.82, 2.24) is 14.2 Å². The molecule has 9 heteroatoms. The minimum atomic E-state index is -3.61. The summed E-state index contributed by atoms with van der Waals surface area (Å²) in [5.74, 6) is 0.455. The number of nitrogens with zero attached hydrogens (tertiary/aromatic N) is 3. The monoisotopic (exact) mass is 431 g/mol. The number of methoxy groups -OCH3 is 2. The number of piperidine rings is 1. The molecule has 0 spiro atoms. The largest absolute Gasteiger partial charge is 0.497 e. The molecule has 2 atom stereocenters. The van der Waals surface area contributed by atoms with Crippen LogP contribution in [-0.4, -0.2) is 68.0 Å². The Hall–Kier alpha value is -2.49. The maximum absolute atomic E-state index is 13.0. The first-order valence-electron chi connectivity index (χ1n) is 9.86. The van der Waals surface area contributed by atoms with Gasteiger partial charge in [-0.3, -0.25) is 9.78 Å². The Labute approximate surface area is 176 Å². The number of β-lactam (4-membered cyclic amide) rings is 1. The lowest BCUT2D eigenvalue weighted by atomic mass is 9.87. The summed E-state index contributed by atoms with van der Waals surface area (Å²) in [6, 6.07) is 10.1. The van der Waals surface area contributed by atoms with Gasteiger partial charge in [-0.25, -0.2) is 8.42 Å². The van der Waals surface area contributed by atoms with E-state index < -0.39 is 16.1 Å². The molecule has 8 nitrogen and oxygen atoms in total. The molecule has 2 fully saturated rings. The van der Waals surface area contributed by atoms with E-state index in [2.05, 4.69) is 4.98 Å². The standard InChI is InChI=1S/C21H25N3O5S/c1-28-17-4-3-5-18(14-17)30(26,27)23-12-8-16(9-13-23)24-19(20(29-2)21(24)25)15-6-10-22-11-7-15/h3-7,10-11,14,16,19-20H,8-9,12-13H2,1-2H3/t19-,20+/m0/s1. The van der Waals surface area contributed by atoms with Crippen molar-refractivity contribution in [2.24, 2.45) is 0 Å². The molecule has 30 heavy (non-hydrogen) atoms. The van der Waals surface area contributed by atoms with Gasteiger partial charge in [0, 0.05) is 44.7 Å². The summed E-state index contributed by atoms with van der Waals surface area (Å²) in [5, 5.41) is 0. The highest BCUT2D eigenvalue weighted by Crippen LogP contribution is 2.40. The van der Waals surface area contributed by atoms with Gasteiger partial charge in [0.15, 0.2) is 6.10 Å². The highest BCUT2D eigenvalue weighted by Gasteiger charge is 2.52. The highest BCUT2D eigenvalue weighted by molar-refractivity contribution is 7.89. The van der Waals surface area contributed by atoms with Crippen LogP contribution in [0.15, 0.2) is 53.7 Å². The Morgan fingerprint density at radius 3 is 2.40 bits per heavy atom. The topological polar surface area (TPSA) is 89.0 Å². The van der Waals surface area contributed by atoms with Crippen molar-refractivity contribution in [1.29, 1.82) is 0 Å². The van der Waals surface area contributed by atoms with Crippen LogP contribution in [0.4, 0.5) is 0 Å². The summed E-state index contributed by atoms with van der Waals surface area (Å²) >= 11 is 0. The number of amides is 1. The summed E-state index contributed by atoms with van der Waals surface area (Å²) < 4.78 is 38.1. The van der Waals surface area contributed by atoms with Crippen LogP contribution in [-0.2, 0) is 19.6 Å². The van der Waals surface area contributed by atoms with Crippen LogP contribution in [0.1, 0.15) is 24.4 Å². The van der Waals surface area contributed by atoms with E-state index in [1.54, 1.807) is 30.6 Å². The molecule has 0 unspecified atom stereocenters. The SMILES string of the molecule is COc1cccc(S(=O)(=O)N2CCC(N3C(=O)[C@H](OC)[C@@H]3c3ccncc3)CC2)c1. The van der Waals surface area contributed by atoms with E-state index in [-0.39, 0.29) is 22.9 Å². The number of rotatable bonds is 6. The second kappa shape index (κ2) is 8.33. The number of carbonyl (C=O) groups is 1. The van der Waals surface area contributed by atoms with Gasteiger partial charge in [-0.15, -0.1) is 0 Å². The molecular formula is C21H25N3O5S. The zero-order chi connectivity index (χ0) is 21.3. The minimum Gasteiger partial charge on any atom is -0.497 e. The highest BCUT2D eigenvalue weighted by atomic mass is 32.2. The number of carbonyl (C=O) groups excluding carboxylic acids is 1. The first kappa shape index (κ1) is 20.8. The Balaban J connectivity index is 1.48. The number of hydrogen-bond acceptors (Lipinski definition) is 6. The van der Waals surface area contributed by atoms with Crippen LogP contribution in [0.2, 0.25) is 0 Å². The van der Waals surface area contributed by atoms with Crippen LogP contribution >= 0.6 is 0 Å². The Morgan fingerprint density at radius 2 is 1.77 bits per heavy atom. The lowest BCUT2D eigenvalue weighted by Crippen LogP contribution is -2.64. The average molecular weight is 432 g/mol. The number of pyridine rings is 1. The van der Waals surface area contributed by atoms with Crippen molar-refractivity contribution >= 4 is 15.9 Å². The third-order valence-corrected chi connectivity index (χ3v) is 7.78. The van der Waals surface area contributed by atoms with E-state index in [4.69, 9.17) is 9.47 Å². The van der Waals surface area contributed by atoms with Crippen LogP contribution < -0.4 is 4.74 Å². The summed E-state index contributed by atoms with van der Waals surface area (Å²) in [6.07, 6.45) is 4.05. The molecule has 0 bridgehead atoms. The van der Waals surface area contributed by atoms with Gasteiger partial charge in [0.05, 0.1) is 18.0 Å². The van der Waals surface area contributed by atoms with E-state index in [1.807, 2.05) is 17.0 Å². The van der Waals surface area contributed by atoms with Crippen molar-refractivity contribution in [3.05, 3.63) is 54.4 Å². The molecule has 2 aromatic rings. The lowest BCUT2D eigenvalue weighted by Gasteiger charge is -2.52. The average Bonchev–Trinajstić information content (AvgIpc) is 2.78. The van der Waals surface area contributed by atoms with Gasteiger partial charge >= 0.3 is 0 Å². The summed E-state index contributed by atoms with van der Waals surface area (Å²) in [5.41, 5.74) is 0.975. The van der Waals surface area contributed by atoms with Crippen molar-refractivity contribution < 1.29 is 22.7 Å². The number of sulfonamides is 1. The number of benzene rings is 1. The third-order valence-electron chi connectivity index (χ3n) is 5.88. The number of ether oxygens (including phenoxy) is 2. The quantitative estimate of drug-likeness (QED) is 0.649. The molecule has 1 aromatic heterocycles. The van der Waals surface area contributed by atoms with Gasteiger partial charge in [0.1, 0.15) is 5.75 Å². The zero-order valence-electron chi connectivity index (χ0n) is 17.0. The van der Waals surface area contributed by atoms with Crippen molar-refractivity contribution in [2.45, 2.75) is 35.9 Å². The molecule has 0 N–H and O–H groups in total. The normalized spacial score (nSPS) is 23.3. The number of aromatic nitrogens is 1. The molecule has 0 radical (unpaired) electrons. The van der Waals surface area contributed by atoms with Crippen LogP contribution in [0.5, 0.6) is 5.75 Å². The first-order valence-corrected chi connectivity index (χ1v) is 11.3. The van der Waals surface area contributed by atoms with Gasteiger partial charge in [-0.2, -0.15) is 4.31 Å². The zero-order valence-corrected chi connectivity index (χ0v) is 17.8. The second-order valence-corrected chi connectivity index (χ2v) is 9.38. The second-order valence-electron chi connectivity index (χ2n) is 7.44. The molecule has 0 saturated carbocycles. The predicted molar refractivity (Wildman–Crippen MR) is 109 cm³/mol. The van der Waals surface area contributed by atoms with Crippen molar-refractivity contribution in [2.75, 3.05) is 27.3 Å². The molecule has 3 heterocycles. The number of hydrogen-bond donors (Lipinski definition) is 0. The Morgan fingerprint density at radius 1 is 1.07 bits per heavy atom. The molecule has 2 aliphatic heterocycles. The molecule has 4 rings (SSSR count). The predicted octanol–water partition coefficient (Wildman–Crippen LogP) is 1.84. The van der Waals surface area contributed by atoms with Gasteiger partial charge in [-0.05, 0) is 42.7 Å². The maximum atomic E-state index is 13.0. The smallest absolute Gasteiger partial charge is 0.255 e. The van der Waals surface area contributed by atoms with Gasteiger partial charge in [-0.1, -0.05) is 6.07 Å². The summed E-state index contributed by atoms with van der Waals surface area (Å²) in [7, 11) is -0.563. The van der Waals surface area contributed by atoms with E-state index in [0.717, 1.165) is 5.56 Å². The van der Waals surface area contributed by atoms with Crippen molar-refractivity contribution in [3.63, 3.8) is 0 Å². The Kier molecular flexibility index (Phi) is 5.77. The lowest BCUT2D eigenvalue weighted by molar-refractivity contribution is -0.178. The fraction of sp³-hybridized carbons (Fsp3) is 0.429. The maximum Gasteiger partial charge on any atom is 0.255 e. The van der Waals surface area contributed by atoms with E-state index in [1.165, 1.54) is 24.6 Å². The van der Waals surface area contributed by atoms with Crippen LogP contribution in [0, 0.1) is 0 Å². The van der Waals surface area contributed by atoms with E-state index in [9.17, 15) is 13.2 Å². The summed E-state index contributed by atoms with van der Waals surface area (Å²) in [4.78, 5) is 18.8. The van der Waals surface area contributed by atoms with Crippen LogP contribution in [0.3, 0.4) is 0 Å². The van der Waals surface area contributed by atoms with E-state index >= 15 is 0 Å². The minimum absolute atomic E-state index is 0.0289. The fourth-order valence-electron chi connectivity index (χ4n) is 4.29. The number of likely N-dealkylation sites (tertiary alicyclic amines) is 1. The van der Waals surface area contributed by atoms with Crippen molar-refractivity contribution in [3.8, 4) is 5.75 Å². The molecule has 160 valence electrons. The van der Waals surface area contributed by atoms with E-state index in [0.29, 0.717) is 31.7 Å². The molecule has 2 aliphatic rings. The summed E-state index contributed by atoms with van der Waals surface area (Å²) in [6.45, 7) is 0.712. The first-order chi connectivity index (χ1) is 14.5. The van der Waals surface area contributed by atoms with Crippen LogP contribution in [0.25, 0.3) is 0 Å². The fourth-order valence-corrected chi connectivity index (χ4v) is 5.79. The van der Waals surface area contributed by atoms with Gasteiger partial charge in [0.25, 0.3) is 5.91 Å². The molecule has 2 saturated heterocycles. The molecule has 1 aromatic carbocycles. The van der Waals surface area contributed by atoms with Gasteiger partial charge in [0.2, 0.25) is 10.0 Å².